The van der Waals surface area contributed by atoms with Crippen LogP contribution in [0.2, 0.25) is 0 Å². The molecule has 1 saturated carbocycles. The fourth-order valence-electron chi connectivity index (χ4n) is 3.33. The van der Waals surface area contributed by atoms with E-state index in [2.05, 4.69) is 24.4 Å². The summed E-state index contributed by atoms with van der Waals surface area (Å²) in [6, 6.07) is 8.56. The maximum absolute atomic E-state index is 12.1. The summed E-state index contributed by atoms with van der Waals surface area (Å²) >= 11 is 4.04. The Kier molecular flexibility index (Phi) is 6.78. The van der Waals surface area contributed by atoms with Crippen molar-refractivity contribution in [3.05, 3.63) is 29.8 Å². The first-order chi connectivity index (χ1) is 11.7. The zero-order valence-corrected chi connectivity index (χ0v) is 16.0. The van der Waals surface area contributed by atoms with Crippen molar-refractivity contribution in [3.8, 4) is 5.75 Å². The fourth-order valence-corrected chi connectivity index (χ4v) is 6.22. The monoisotopic (exact) mass is 365 g/mol. The van der Waals surface area contributed by atoms with Crippen molar-refractivity contribution >= 4 is 29.4 Å². The van der Waals surface area contributed by atoms with Gasteiger partial charge in [0.1, 0.15) is 5.75 Å². The Labute approximate surface area is 153 Å². The second-order valence-corrected chi connectivity index (χ2v) is 9.44. The van der Waals surface area contributed by atoms with Crippen molar-refractivity contribution in [2.45, 2.75) is 49.7 Å². The molecule has 5 heteroatoms. The number of carbonyl (C=O) groups is 1. The zero-order chi connectivity index (χ0) is 16.8. The van der Waals surface area contributed by atoms with Gasteiger partial charge in [-0.3, -0.25) is 4.79 Å². The van der Waals surface area contributed by atoms with Gasteiger partial charge in [-0.05, 0) is 54.4 Å². The highest BCUT2D eigenvalue weighted by atomic mass is 32.2. The normalized spacial score (nSPS) is 25.2. The van der Waals surface area contributed by atoms with E-state index < -0.39 is 0 Å². The molecule has 1 aromatic rings. The van der Waals surface area contributed by atoms with E-state index in [1.165, 1.54) is 42.8 Å². The first kappa shape index (κ1) is 18.0. The summed E-state index contributed by atoms with van der Waals surface area (Å²) in [6.45, 7) is 2.33. The SMILES string of the molecule is CC1CCCCC1NC(=O)COc1ccc(C2SCCCS2)cc1. The summed E-state index contributed by atoms with van der Waals surface area (Å²) in [4.78, 5) is 12.1. The van der Waals surface area contributed by atoms with E-state index in [0.717, 1.165) is 12.2 Å². The zero-order valence-electron chi connectivity index (χ0n) is 14.3. The molecule has 1 N–H and O–H groups in total. The third-order valence-corrected chi connectivity index (χ3v) is 7.82. The lowest BCUT2D eigenvalue weighted by Crippen LogP contribution is -2.43. The Bertz CT molecular complexity index is 529. The summed E-state index contributed by atoms with van der Waals surface area (Å²) in [5, 5.41) is 3.13. The van der Waals surface area contributed by atoms with E-state index in [9.17, 15) is 4.79 Å². The molecule has 0 spiro atoms. The van der Waals surface area contributed by atoms with Gasteiger partial charge in [0.05, 0.1) is 4.58 Å². The smallest absolute Gasteiger partial charge is 0.258 e. The van der Waals surface area contributed by atoms with E-state index >= 15 is 0 Å². The first-order valence-corrected chi connectivity index (χ1v) is 11.1. The van der Waals surface area contributed by atoms with E-state index in [1.54, 1.807) is 0 Å². The van der Waals surface area contributed by atoms with Crippen LogP contribution in [0.1, 0.15) is 49.2 Å². The maximum atomic E-state index is 12.1. The molecule has 1 heterocycles. The third-order valence-electron chi connectivity index (χ3n) is 4.81. The molecule has 1 aliphatic heterocycles. The summed E-state index contributed by atoms with van der Waals surface area (Å²) in [5.41, 5.74) is 1.34. The molecule has 2 unspecified atom stereocenters. The number of hydrogen-bond donors (Lipinski definition) is 1. The lowest BCUT2D eigenvalue weighted by atomic mass is 9.86. The Balaban J connectivity index is 1.44. The van der Waals surface area contributed by atoms with E-state index in [1.807, 2.05) is 35.7 Å². The van der Waals surface area contributed by atoms with Gasteiger partial charge in [0.2, 0.25) is 0 Å². The van der Waals surface area contributed by atoms with Crippen LogP contribution < -0.4 is 10.1 Å². The van der Waals surface area contributed by atoms with Crippen molar-refractivity contribution in [2.75, 3.05) is 18.1 Å². The second kappa shape index (κ2) is 9.04. The molecule has 0 bridgehead atoms. The maximum Gasteiger partial charge on any atom is 0.258 e. The first-order valence-electron chi connectivity index (χ1n) is 8.98. The van der Waals surface area contributed by atoms with Crippen LogP contribution in [-0.4, -0.2) is 30.1 Å². The van der Waals surface area contributed by atoms with Crippen LogP contribution in [0.5, 0.6) is 5.75 Å². The van der Waals surface area contributed by atoms with Gasteiger partial charge in [0, 0.05) is 6.04 Å². The molecular weight excluding hydrogens is 338 g/mol. The highest BCUT2D eigenvalue weighted by Crippen LogP contribution is 2.43. The molecule has 132 valence electrons. The molecule has 1 aliphatic carbocycles. The lowest BCUT2D eigenvalue weighted by Gasteiger charge is -2.29. The summed E-state index contributed by atoms with van der Waals surface area (Å²) in [7, 11) is 0. The molecule has 2 aliphatic rings. The lowest BCUT2D eigenvalue weighted by molar-refractivity contribution is -0.124. The third kappa shape index (κ3) is 5.09. The minimum Gasteiger partial charge on any atom is -0.484 e. The van der Waals surface area contributed by atoms with Gasteiger partial charge >= 0.3 is 0 Å². The Morgan fingerprint density at radius 1 is 1.12 bits per heavy atom. The summed E-state index contributed by atoms with van der Waals surface area (Å²) in [6.07, 6.45) is 6.12. The number of amides is 1. The highest BCUT2D eigenvalue weighted by molar-refractivity contribution is 8.16. The Hall–Kier alpha value is -0.810. The molecule has 3 rings (SSSR count). The van der Waals surface area contributed by atoms with E-state index in [-0.39, 0.29) is 12.5 Å². The average Bonchev–Trinajstić information content (AvgIpc) is 2.63. The van der Waals surface area contributed by atoms with Crippen molar-refractivity contribution in [1.82, 2.24) is 5.32 Å². The number of ether oxygens (including phenoxy) is 1. The molecule has 0 aromatic heterocycles. The fraction of sp³-hybridized carbons (Fsp3) is 0.632. The summed E-state index contributed by atoms with van der Waals surface area (Å²) in [5.74, 6) is 3.84. The molecule has 24 heavy (non-hydrogen) atoms. The van der Waals surface area contributed by atoms with Crippen LogP contribution >= 0.6 is 23.5 Å². The second-order valence-electron chi connectivity index (χ2n) is 6.72. The predicted octanol–water partition coefficient (Wildman–Crippen LogP) is 4.63. The van der Waals surface area contributed by atoms with Gasteiger partial charge in [0.25, 0.3) is 5.91 Å². The molecular formula is C19H27NO2S2. The van der Waals surface area contributed by atoms with Crippen LogP contribution in [0.25, 0.3) is 0 Å². The number of thioether (sulfide) groups is 2. The molecule has 3 nitrogen and oxygen atoms in total. The van der Waals surface area contributed by atoms with Gasteiger partial charge in [-0.15, -0.1) is 23.5 Å². The van der Waals surface area contributed by atoms with Gasteiger partial charge in [0.15, 0.2) is 6.61 Å². The molecule has 1 amide bonds. The molecule has 0 radical (unpaired) electrons. The Morgan fingerprint density at radius 3 is 2.54 bits per heavy atom. The van der Waals surface area contributed by atoms with Gasteiger partial charge in [-0.1, -0.05) is 31.9 Å². The number of nitrogens with one attached hydrogen (secondary N) is 1. The van der Waals surface area contributed by atoms with Crippen molar-refractivity contribution in [2.24, 2.45) is 5.92 Å². The largest absolute Gasteiger partial charge is 0.484 e. The Morgan fingerprint density at radius 2 is 1.83 bits per heavy atom. The van der Waals surface area contributed by atoms with Gasteiger partial charge < -0.3 is 10.1 Å². The number of carbonyl (C=O) groups excluding carboxylic acids is 1. The van der Waals surface area contributed by atoms with E-state index in [0.29, 0.717) is 16.5 Å². The number of hydrogen-bond acceptors (Lipinski definition) is 4. The van der Waals surface area contributed by atoms with E-state index in [4.69, 9.17) is 4.74 Å². The topological polar surface area (TPSA) is 38.3 Å². The van der Waals surface area contributed by atoms with Crippen molar-refractivity contribution in [3.63, 3.8) is 0 Å². The van der Waals surface area contributed by atoms with Crippen LogP contribution in [-0.2, 0) is 4.79 Å². The summed E-state index contributed by atoms with van der Waals surface area (Å²) < 4.78 is 6.21. The van der Waals surface area contributed by atoms with Crippen LogP contribution in [0.15, 0.2) is 24.3 Å². The van der Waals surface area contributed by atoms with Gasteiger partial charge in [-0.2, -0.15) is 0 Å². The number of rotatable bonds is 5. The molecule has 2 atom stereocenters. The highest BCUT2D eigenvalue weighted by Gasteiger charge is 2.22. The molecule has 2 fully saturated rings. The predicted molar refractivity (Wildman–Crippen MR) is 104 cm³/mol. The van der Waals surface area contributed by atoms with Crippen LogP contribution in [0.3, 0.4) is 0 Å². The minimum atomic E-state index is -0.00350. The quantitative estimate of drug-likeness (QED) is 0.826. The molecule has 1 aromatic carbocycles. The van der Waals surface area contributed by atoms with Crippen molar-refractivity contribution in [1.29, 1.82) is 0 Å². The average molecular weight is 366 g/mol. The van der Waals surface area contributed by atoms with Crippen molar-refractivity contribution < 1.29 is 9.53 Å². The van der Waals surface area contributed by atoms with Crippen LogP contribution in [0, 0.1) is 5.92 Å². The number of benzene rings is 1. The minimum absolute atomic E-state index is 0.00350. The van der Waals surface area contributed by atoms with Gasteiger partial charge in [-0.25, -0.2) is 0 Å². The van der Waals surface area contributed by atoms with Crippen LogP contribution in [0.4, 0.5) is 0 Å². The standard InChI is InChI=1S/C19H27NO2S2/c1-14-5-2-3-6-17(14)20-18(21)13-22-16-9-7-15(8-10-16)19-23-11-4-12-24-19/h7-10,14,17,19H,2-6,11-13H2,1H3,(H,20,21). The molecule has 1 saturated heterocycles.